The van der Waals surface area contributed by atoms with Gasteiger partial charge in [-0.15, -0.1) is 0 Å². The molecule has 0 aliphatic rings. The number of hydrogen-bond acceptors (Lipinski definition) is 0. The molecule has 0 aromatic carbocycles. The normalized spacial score (nSPS) is 16.2. The first-order chi connectivity index (χ1) is 23.2. The molecule has 0 fully saturated rings. The zero-order chi connectivity index (χ0) is 36.8. The van der Waals surface area contributed by atoms with Crippen molar-refractivity contribution in [3.05, 3.63) is 90.2 Å². The van der Waals surface area contributed by atoms with Crippen LogP contribution >= 0.6 is 0 Å². The molecule has 0 aliphatic heterocycles. The average Bonchev–Trinajstić information content (AvgIpc) is 3.12. The first-order valence-electron chi connectivity index (χ1n) is 20.9. The molecule has 0 aromatic heterocycles. The lowest BCUT2D eigenvalue weighted by Gasteiger charge is -2.28. The van der Waals surface area contributed by atoms with Gasteiger partial charge in [-0.25, -0.2) is 0 Å². The topological polar surface area (TPSA) is 0 Å². The molecule has 274 valence electrons. The molecule has 0 saturated carbocycles. The fourth-order valence-corrected chi connectivity index (χ4v) is 8.81. The molecular formula is C48H82. The molecule has 0 N–H and O–H groups in total. The number of allylic oxidation sites excluding steroid dienone is 16. The van der Waals surface area contributed by atoms with Crippen LogP contribution in [0.2, 0.25) is 0 Å². The SMILES string of the molecule is CCC=C(CC)/C(CC)=C(CC)/C(CC)=C(CC)/C(CC)=C(CC)\C(CC)=C(CC)/C(CC)=C(CC)/C(CC)=C(\CC)C(=CCC)CC. The second kappa shape index (κ2) is 25.8. The first kappa shape index (κ1) is 45.9. The van der Waals surface area contributed by atoms with Crippen LogP contribution in [-0.4, -0.2) is 0 Å². The van der Waals surface area contributed by atoms with Crippen molar-refractivity contribution in [2.24, 2.45) is 0 Å². The van der Waals surface area contributed by atoms with E-state index in [4.69, 9.17) is 0 Å². The van der Waals surface area contributed by atoms with Crippen LogP contribution in [0, 0.1) is 0 Å². The van der Waals surface area contributed by atoms with Crippen molar-refractivity contribution in [1.29, 1.82) is 0 Å². The minimum Gasteiger partial charge on any atom is -0.0813 e. The van der Waals surface area contributed by atoms with E-state index >= 15 is 0 Å². The van der Waals surface area contributed by atoms with Gasteiger partial charge in [0.15, 0.2) is 0 Å². The molecule has 0 saturated heterocycles. The molecule has 48 heavy (non-hydrogen) atoms. The Bertz CT molecular complexity index is 1140. The summed E-state index contributed by atoms with van der Waals surface area (Å²) < 4.78 is 0. The lowest BCUT2D eigenvalue weighted by molar-refractivity contribution is 0.865. The Morgan fingerprint density at radius 1 is 0.208 bits per heavy atom. The van der Waals surface area contributed by atoms with E-state index in [9.17, 15) is 0 Å². The largest absolute Gasteiger partial charge is 0.0813 e. The summed E-state index contributed by atoms with van der Waals surface area (Å²) in [5.41, 5.74) is 22.6. The van der Waals surface area contributed by atoms with E-state index in [1.807, 2.05) is 0 Å². The van der Waals surface area contributed by atoms with Gasteiger partial charge in [0.05, 0.1) is 0 Å². The van der Waals surface area contributed by atoms with Crippen molar-refractivity contribution in [3.63, 3.8) is 0 Å². The van der Waals surface area contributed by atoms with Gasteiger partial charge in [0.25, 0.3) is 0 Å². The highest BCUT2D eigenvalue weighted by Gasteiger charge is 2.23. The standard InChI is InChI=1S/C48H82/c1-17-33-35(19-3)37(21-5)39(23-7)41(25-9)43(27-11)45(29-13)47(31-15)48(32-16)46(30-14)44(28-12)42(26-10)40(24-8)38(22-6)36(20-4)34-18-2/h33-34H,17-32H2,1-16H3/b35-33?,36-34?,39-37+,40-38+,43-41+,44-42+,47-45-,48-46-. The Balaban J connectivity index is 8.58. The molecule has 0 unspecified atom stereocenters. The Kier molecular flexibility index (Phi) is 24.7. The summed E-state index contributed by atoms with van der Waals surface area (Å²) in [4.78, 5) is 0. The van der Waals surface area contributed by atoms with Crippen molar-refractivity contribution in [1.82, 2.24) is 0 Å². The summed E-state index contributed by atoms with van der Waals surface area (Å²) in [5, 5.41) is 0. The van der Waals surface area contributed by atoms with Gasteiger partial charge in [-0.1, -0.05) is 123 Å². The van der Waals surface area contributed by atoms with Crippen molar-refractivity contribution in [2.45, 2.75) is 214 Å². The van der Waals surface area contributed by atoms with Crippen LogP contribution in [0.5, 0.6) is 0 Å². The predicted octanol–water partition coefficient (Wildman–Crippen LogP) is 17.2. The third-order valence-electron chi connectivity index (χ3n) is 10.7. The molecule has 0 nitrogen and oxygen atoms in total. The fourth-order valence-electron chi connectivity index (χ4n) is 8.81. The quantitative estimate of drug-likeness (QED) is 0.0958. The average molecular weight is 659 g/mol. The van der Waals surface area contributed by atoms with Gasteiger partial charge in [-0.05, 0) is 181 Å². The third kappa shape index (κ3) is 11.5. The molecule has 0 radical (unpaired) electrons. The lowest BCUT2D eigenvalue weighted by Crippen LogP contribution is -2.08. The minimum absolute atomic E-state index is 1.09. The Morgan fingerprint density at radius 3 is 0.458 bits per heavy atom. The van der Waals surface area contributed by atoms with Crippen LogP contribution in [0.25, 0.3) is 0 Å². The molecule has 0 aromatic rings. The van der Waals surface area contributed by atoms with Gasteiger partial charge in [-0.2, -0.15) is 0 Å². The van der Waals surface area contributed by atoms with Gasteiger partial charge >= 0.3 is 0 Å². The van der Waals surface area contributed by atoms with E-state index in [1.165, 1.54) is 0 Å². The summed E-state index contributed by atoms with van der Waals surface area (Å²) in [6.07, 6.45) is 22.6. The monoisotopic (exact) mass is 659 g/mol. The Labute approximate surface area is 302 Å². The van der Waals surface area contributed by atoms with Crippen molar-refractivity contribution >= 4 is 0 Å². The minimum atomic E-state index is 1.09. The van der Waals surface area contributed by atoms with Gasteiger partial charge in [0.1, 0.15) is 0 Å². The van der Waals surface area contributed by atoms with Crippen LogP contribution in [0.1, 0.15) is 214 Å². The Morgan fingerprint density at radius 2 is 0.354 bits per heavy atom. The van der Waals surface area contributed by atoms with Crippen molar-refractivity contribution in [2.75, 3.05) is 0 Å². The van der Waals surface area contributed by atoms with E-state index in [-0.39, 0.29) is 0 Å². The fraction of sp³-hybridized carbons (Fsp3) is 0.667. The molecule has 0 atom stereocenters. The summed E-state index contributed by atoms with van der Waals surface area (Å²) in [6.45, 7) is 38.1. The van der Waals surface area contributed by atoms with E-state index in [2.05, 4.69) is 123 Å². The molecule has 0 bridgehead atoms. The smallest absolute Gasteiger partial charge is 0.0302 e. The maximum absolute atomic E-state index is 2.49. The maximum atomic E-state index is 2.49. The zero-order valence-corrected chi connectivity index (χ0v) is 35.5. The molecule has 0 aliphatic carbocycles. The van der Waals surface area contributed by atoms with E-state index in [0.717, 1.165) is 103 Å². The van der Waals surface area contributed by atoms with Gasteiger partial charge in [-0.3, -0.25) is 0 Å². The van der Waals surface area contributed by atoms with Crippen LogP contribution in [-0.2, 0) is 0 Å². The maximum Gasteiger partial charge on any atom is -0.0302 e. The van der Waals surface area contributed by atoms with Crippen LogP contribution in [0.3, 0.4) is 0 Å². The van der Waals surface area contributed by atoms with E-state index in [1.54, 1.807) is 78.0 Å². The molecular weight excluding hydrogens is 577 g/mol. The summed E-state index contributed by atoms with van der Waals surface area (Å²) in [6, 6.07) is 0. The number of rotatable bonds is 23. The summed E-state index contributed by atoms with van der Waals surface area (Å²) in [7, 11) is 0. The summed E-state index contributed by atoms with van der Waals surface area (Å²) >= 11 is 0. The van der Waals surface area contributed by atoms with Crippen LogP contribution in [0.4, 0.5) is 0 Å². The summed E-state index contributed by atoms with van der Waals surface area (Å²) in [5.74, 6) is 0. The molecule has 0 heterocycles. The van der Waals surface area contributed by atoms with Gasteiger partial charge in [0.2, 0.25) is 0 Å². The number of hydrogen-bond donors (Lipinski definition) is 0. The molecule has 0 spiro atoms. The third-order valence-corrected chi connectivity index (χ3v) is 10.7. The van der Waals surface area contributed by atoms with Crippen molar-refractivity contribution in [3.8, 4) is 0 Å². The predicted molar refractivity (Wildman–Crippen MR) is 223 cm³/mol. The van der Waals surface area contributed by atoms with Crippen molar-refractivity contribution < 1.29 is 0 Å². The van der Waals surface area contributed by atoms with Crippen LogP contribution in [0.15, 0.2) is 90.2 Å². The highest BCUT2D eigenvalue weighted by Crippen LogP contribution is 2.42. The zero-order valence-electron chi connectivity index (χ0n) is 35.5. The second-order valence-electron chi connectivity index (χ2n) is 13.0. The molecule has 0 rings (SSSR count). The molecule has 0 amide bonds. The first-order valence-corrected chi connectivity index (χ1v) is 20.9. The van der Waals surface area contributed by atoms with Gasteiger partial charge in [0, 0.05) is 0 Å². The highest BCUT2D eigenvalue weighted by atomic mass is 14.3. The van der Waals surface area contributed by atoms with Gasteiger partial charge < -0.3 is 0 Å². The highest BCUT2D eigenvalue weighted by molar-refractivity contribution is 5.58. The second-order valence-corrected chi connectivity index (χ2v) is 13.0. The Hall–Kier alpha value is -2.08. The van der Waals surface area contributed by atoms with Crippen LogP contribution < -0.4 is 0 Å². The lowest BCUT2D eigenvalue weighted by atomic mass is 9.78. The van der Waals surface area contributed by atoms with E-state index in [0.29, 0.717) is 0 Å². The van der Waals surface area contributed by atoms with E-state index < -0.39 is 0 Å². The molecule has 0 heteroatoms.